The Kier molecular flexibility index (Phi) is 4.09. The highest BCUT2D eigenvalue weighted by Crippen LogP contribution is 2.05. The van der Waals surface area contributed by atoms with Crippen molar-refractivity contribution in [3.05, 3.63) is 59.8 Å². The highest BCUT2D eigenvalue weighted by Gasteiger charge is 2.09. The van der Waals surface area contributed by atoms with Crippen LogP contribution in [0.5, 0.6) is 0 Å². The molecule has 0 unspecified atom stereocenters. The molecule has 0 aliphatic carbocycles. The van der Waals surface area contributed by atoms with Crippen LogP contribution in [0.15, 0.2) is 52.9 Å². The van der Waals surface area contributed by atoms with E-state index in [1.165, 1.54) is 12.3 Å². The first kappa shape index (κ1) is 12.6. The van der Waals surface area contributed by atoms with Gasteiger partial charge < -0.3 is 9.73 Å². The van der Waals surface area contributed by atoms with Crippen molar-refractivity contribution in [3.8, 4) is 6.07 Å². The first-order valence-corrected chi connectivity index (χ1v) is 5.62. The van der Waals surface area contributed by atoms with Gasteiger partial charge >= 0.3 is 0 Å². The third-order valence-corrected chi connectivity index (χ3v) is 2.36. The van der Waals surface area contributed by atoms with Crippen LogP contribution in [-0.2, 0) is 11.3 Å². The Balaban J connectivity index is 2.04. The van der Waals surface area contributed by atoms with Gasteiger partial charge in [0.25, 0.3) is 5.91 Å². The minimum Gasteiger partial charge on any atom is -0.467 e. The summed E-state index contributed by atoms with van der Waals surface area (Å²) >= 11 is 0. The molecular formula is C14H11N3O2. The van der Waals surface area contributed by atoms with E-state index in [9.17, 15) is 4.79 Å². The first-order valence-electron chi connectivity index (χ1n) is 5.62. The predicted molar refractivity (Wildman–Crippen MR) is 68.4 cm³/mol. The van der Waals surface area contributed by atoms with Crippen LogP contribution in [0.3, 0.4) is 0 Å². The summed E-state index contributed by atoms with van der Waals surface area (Å²) in [4.78, 5) is 15.7. The molecule has 0 fully saturated rings. The smallest absolute Gasteiger partial charge is 0.262 e. The third kappa shape index (κ3) is 3.54. The Morgan fingerprint density at radius 3 is 3.00 bits per heavy atom. The molecule has 0 saturated heterocycles. The number of amides is 1. The van der Waals surface area contributed by atoms with Gasteiger partial charge in [-0.05, 0) is 29.8 Å². The van der Waals surface area contributed by atoms with Crippen LogP contribution < -0.4 is 5.32 Å². The normalized spacial score (nSPS) is 10.8. The Labute approximate surface area is 110 Å². The monoisotopic (exact) mass is 253 g/mol. The van der Waals surface area contributed by atoms with Crippen LogP contribution in [0.4, 0.5) is 0 Å². The van der Waals surface area contributed by atoms with E-state index in [1.807, 2.05) is 6.07 Å². The molecule has 0 spiro atoms. The Morgan fingerprint density at radius 2 is 2.37 bits per heavy atom. The number of nitrogens with one attached hydrogen (secondary N) is 1. The largest absolute Gasteiger partial charge is 0.467 e. The number of carbonyl (C=O) groups excluding carboxylic acids is 1. The van der Waals surface area contributed by atoms with Gasteiger partial charge in [-0.1, -0.05) is 6.07 Å². The van der Waals surface area contributed by atoms with Crippen LogP contribution in [-0.4, -0.2) is 10.9 Å². The minimum atomic E-state index is -0.442. The summed E-state index contributed by atoms with van der Waals surface area (Å²) in [6.45, 7) is 0.248. The molecule has 0 atom stereocenters. The zero-order chi connectivity index (χ0) is 13.5. The van der Waals surface area contributed by atoms with Crippen molar-refractivity contribution in [1.82, 2.24) is 10.3 Å². The van der Waals surface area contributed by atoms with E-state index < -0.39 is 5.91 Å². The number of pyridine rings is 1. The van der Waals surface area contributed by atoms with Crippen molar-refractivity contribution >= 4 is 12.0 Å². The maximum absolute atomic E-state index is 11.8. The molecule has 2 aromatic rings. The lowest BCUT2D eigenvalue weighted by Crippen LogP contribution is -2.23. The van der Waals surface area contributed by atoms with E-state index in [-0.39, 0.29) is 12.1 Å². The molecule has 0 bridgehead atoms. The zero-order valence-electron chi connectivity index (χ0n) is 10.0. The number of carbonyl (C=O) groups is 1. The van der Waals surface area contributed by atoms with Crippen LogP contribution in [0, 0.1) is 11.3 Å². The summed E-state index contributed by atoms with van der Waals surface area (Å²) in [5.41, 5.74) is 0.728. The summed E-state index contributed by atoms with van der Waals surface area (Å²) in [5.74, 6) is 0.190. The quantitative estimate of drug-likeness (QED) is 0.666. The SMILES string of the molecule is N#C/C(=C\c1cccnc1)C(=O)NCc1ccco1. The van der Waals surface area contributed by atoms with Gasteiger partial charge in [0.1, 0.15) is 17.4 Å². The molecule has 2 rings (SSSR count). The first-order chi connectivity index (χ1) is 9.29. The molecule has 94 valence electrons. The summed E-state index contributed by atoms with van der Waals surface area (Å²) in [5, 5.41) is 11.6. The zero-order valence-corrected chi connectivity index (χ0v) is 10.0. The number of hydrogen-bond donors (Lipinski definition) is 1. The van der Waals surface area contributed by atoms with E-state index >= 15 is 0 Å². The van der Waals surface area contributed by atoms with Crippen molar-refractivity contribution in [3.63, 3.8) is 0 Å². The second kappa shape index (κ2) is 6.17. The molecule has 0 saturated carbocycles. The second-order valence-electron chi connectivity index (χ2n) is 3.72. The number of furan rings is 1. The maximum atomic E-state index is 11.8. The van der Waals surface area contributed by atoms with E-state index in [0.717, 1.165) is 0 Å². The average molecular weight is 253 g/mol. The molecule has 2 heterocycles. The van der Waals surface area contributed by atoms with Crippen molar-refractivity contribution in [2.75, 3.05) is 0 Å². The molecule has 2 aromatic heterocycles. The molecular weight excluding hydrogens is 242 g/mol. The number of nitriles is 1. The number of rotatable bonds is 4. The molecule has 19 heavy (non-hydrogen) atoms. The topological polar surface area (TPSA) is 78.9 Å². The summed E-state index contributed by atoms with van der Waals surface area (Å²) < 4.78 is 5.09. The fourth-order valence-corrected chi connectivity index (χ4v) is 1.45. The maximum Gasteiger partial charge on any atom is 0.262 e. The van der Waals surface area contributed by atoms with Gasteiger partial charge in [-0.25, -0.2) is 0 Å². The fraction of sp³-hybridized carbons (Fsp3) is 0.0714. The Hall–Kier alpha value is -2.87. The standard InChI is InChI=1S/C14H11N3O2/c15-8-12(7-11-3-1-5-16-9-11)14(18)17-10-13-4-2-6-19-13/h1-7,9H,10H2,(H,17,18)/b12-7+. The molecule has 0 radical (unpaired) electrons. The number of nitrogens with zero attached hydrogens (tertiary/aromatic N) is 2. The van der Waals surface area contributed by atoms with Gasteiger partial charge in [-0.15, -0.1) is 0 Å². The number of hydrogen-bond acceptors (Lipinski definition) is 4. The van der Waals surface area contributed by atoms with Gasteiger partial charge in [0.15, 0.2) is 0 Å². The van der Waals surface area contributed by atoms with E-state index in [0.29, 0.717) is 11.3 Å². The lowest BCUT2D eigenvalue weighted by atomic mass is 10.1. The molecule has 1 N–H and O–H groups in total. The molecule has 5 nitrogen and oxygen atoms in total. The van der Waals surface area contributed by atoms with Crippen LogP contribution in [0.2, 0.25) is 0 Å². The number of aromatic nitrogens is 1. The van der Waals surface area contributed by atoms with Crippen LogP contribution >= 0.6 is 0 Å². The van der Waals surface area contributed by atoms with Gasteiger partial charge in [-0.2, -0.15) is 5.26 Å². The van der Waals surface area contributed by atoms with Gasteiger partial charge in [0, 0.05) is 12.4 Å². The van der Waals surface area contributed by atoms with E-state index in [2.05, 4.69) is 10.3 Å². The van der Waals surface area contributed by atoms with E-state index in [4.69, 9.17) is 9.68 Å². The molecule has 0 aliphatic rings. The Morgan fingerprint density at radius 1 is 1.47 bits per heavy atom. The average Bonchev–Trinajstić information content (AvgIpc) is 2.96. The molecule has 1 amide bonds. The second-order valence-corrected chi connectivity index (χ2v) is 3.72. The molecule has 0 aliphatic heterocycles. The lowest BCUT2D eigenvalue weighted by molar-refractivity contribution is -0.117. The molecule has 0 aromatic carbocycles. The van der Waals surface area contributed by atoms with Crippen LogP contribution in [0.1, 0.15) is 11.3 Å². The molecule has 5 heteroatoms. The van der Waals surface area contributed by atoms with Crippen LogP contribution in [0.25, 0.3) is 6.08 Å². The fourth-order valence-electron chi connectivity index (χ4n) is 1.45. The van der Waals surface area contributed by atoms with Crippen molar-refractivity contribution in [2.24, 2.45) is 0 Å². The van der Waals surface area contributed by atoms with Crippen molar-refractivity contribution < 1.29 is 9.21 Å². The third-order valence-electron chi connectivity index (χ3n) is 2.36. The summed E-state index contributed by atoms with van der Waals surface area (Å²) in [6.07, 6.45) is 6.22. The predicted octanol–water partition coefficient (Wildman–Crippen LogP) is 1.90. The summed E-state index contributed by atoms with van der Waals surface area (Å²) in [6, 6.07) is 8.86. The van der Waals surface area contributed by atoms with Gasteiger partial charge in [0.05, 0.1) is 12.8 Å². The highest BCUT2D eigenvalue weighted by atomic mass is 16.3. The highest BCUT2D eigenvalue weighted by molar-refractivity contribution is 6.01. The van der Waals surface area contributed by atoms with Gasteiger partial charge in [0.2, 0.25) is 0 Å². The lowest BCUT2D eigenvalue weighted by Gasteiger charge is -2.01. The van der Waals surface area contributed by atoms with Gasteiger partial charge in [-0.3, -0.25) is 9.78 Å². The van der Waals surface area contributed by atoms with Crippen molar-refractivity contribution in [2.45, 2.75) is 6.54 Å². The van der Waals surface area contributed by atoms with Crippen molar-refractivity contribution in [1.29, 1.82) is 5.26 Å². The minimum absolute atomic E-state index is 0.0274. The summed E-state index contributed by atoms with van der Waals surface area (Å²) in [7, 11) is 0. The Bertz CT molecular complexity index is 610. The van der Waals surface area contributed by atoms with E-state index in [1.54, 1.807) is 36.7 Å².